The van der Waals surface area contributed by atoms with E-state index in [1.165, 1.54) is 4.31 Å². The number of sulfonamides is 2. The van der Waals surface area contributed by atoms with Gasteiger partial charge in [0.1, 0.15) is 0 Å². The Kier molecular flexibility index (Phi) is 10.8. The number of rotatable bonds is 11. The summed E-state index contributed by atoms with van der Waals surface area (Å²) in [5, 5.41) is 0. The van der Waals surface area contributed by atoms with Gasteiger partial charge in [-0.25, -0.2) is 16.8 Å². The number of ether oxygens (including phenoxy) is 2. The molecule has 4 heterocycles. The lowest BCUT2D eigenvalue weighted by molar-refractivity contribution is 0.0729. The van der Waals surface area contributed by atoms with Crippen LogP contribution in [0.5, 0.6) is 0 Å². The summed E-state index contributed by atoms with van der Waals surface area (Å²) in [6, 6.07) is 15.0. The smallest absolute Gasteiger partial charge is 0.243 e. The van der Waals surface area contributed by atoms with Crippen LogP contribution in [0.4, 0.5) is 0 Å². The number of likely N-dealkylation sites (tertiary alicyclic amines) is 2. The third-order valence-corrected chi connectivity index (χ3v) is 15.3. The molecule has 2 aromatic carbocycles. The first-order valence-electron chi connectivity index (χ1n) is 17.6. The van der Waals surface area contributed by atoms with Gasteiger partial charge in [-0.1, -0.05) is 44.2 Å². The molecule has 0 aromatic heterocycles. The zero-order valence-corrected chi connectivity index (χ0v) is 30.8. The maximum atomic E-state index is 13.6. The number of benzene rings is 2. The summed E-state index contributed by atoms with van der Waals surface area (Å²) in [7, 11) is -7.10. The Morgan fingerprint density at radius 2 is 1.46 bits per heavy atom. The van der Waals surface area contributed by atoms with E-state index in [1.54, 1.807) is 16.4 Å². The molecule has 0 aliphatic carbocycles. The monoisotopic (exact) mass is 702 g/mol. The number of hydrogen-bond donors (Lipinski definition) is 0. The van der Waals surface area contributed by atoms with Crippen LogP contribution in [-0.4, -0.2) is 113 Å². The van der Waals surface area contributed by atoms with Gasteiger partial charge in [0.2, 0.25) is 20.0 Å². The van der Waals surface area contributed by atoms with Gasteiger partial charge in [-0.05, 0) is 86.2 Å². The first kappa shape index (κ1) is 35.9. The lowest BCUT2D eigenvalue weighted by Gasteiger charge is -2.33. The third kappa shape index (κ3) is 7.71. The van der Waals surface area contributed by atoms with E-state index < -0.39 is 20.0 Å². The van der Waals surface area contributed by atoms with Gasteiger partial charge < -0.3 is 9.47 Å². The zero-order valence-electron chi connectivity index (χ0n) is 29.1. The van der Waals surface area contributed by atoms with E-state index in [2.05, 4.69) is 37.5 Å². The molecule has 48 heavy (non-hydrogen) atoms. The van der Waals surface area contributed by atoms with Crippen LogP contribution < -0.4 is 0 Å². The predicted octanol–water partition coefficient (Wildman–Crippen LogP) is 4.27. The van der Waals surface area contributed by atoms with Gasteiger partial charge in [0.25, 0.3) is 0 Å². The van der Waals surface area contributed by atoms with Crippen LogP contribution in [-0.2, 0) is 42.6 Å². The number of hydrogen-bond acceptors (Lipinski definition) is 8. The molecule has 0 N–H and O–H groups in total. The van der Waals surface area contributed by atoms with Crippen molar-refractivity contribution < 1.29 is 26.3 Å². The van der Waals surface area contributed by atoms with Crippen molar-refractivity contribution in [3.8, 4) is 0 Å². The quantitative estimate of drug-likeness (QED) is 0.343. The van der Waals surface area contributed by atoms with Crippen LogP contribution in [0.2, 0.25) is 0 Å². The molecule has 0 radical (unpaired) electrons. The standard InChI is InChI=1S/C36H54N4O6S2/c1-29(36(4)12-13-37(28-36)25-30-8-7-10-33(23-30)47(41,42)39-14-18-45-19-15-39)22-31-24-35(2,3)38(26-31)27-32-9-5-6-11-34(32)48(43,44)40-16-20-46-21-17-40/h5-11,23,29,31H,12-22,24-28H2,1-4H3. The minimum Gasteiger partial charge on any atom is -0.379 e. The van der Waals surface area contributed by atoms with Crippen LogP contribution >= 0.6 is 0 Å². The highest BCUT2D eigenvalue weighted by molar-refractivity contribution is 7.89. The summed E-state index contributed by atoms with van der Waals surface area (Å²) >= 11 is 0. The molecule has 12 heteroatoms. The molecule has 0 spiro atoms. The highest BCUT2D eigenvalue weighted by Gasteiger charge is 2.44. The van der Waals surface area contributed by atoms with E-state index in [0.29, 0.717) is 80.8 Å². The second-order valence-electron chi connectivity index (χ2n) is 15.3. The molecule has 10 nitrogen and oxygen atoms in total. The van der Waals surface area contributed by atoms with Crippen molar-refractivity contribution in [1.82, 2.24) is 18.4 Å². The minimum atomic E-state index is -3.58. The second kappa shape index (κ2) is 14.4. The molecule has 0 saturated carbocycles. The fraction of sp³-hybridized carbons (Fsp3) is 0.667. The van der Waals surface area contributed by atoms with Crippen LogP contribution in [0, 0.1) is 17.3 Å². The minimum absolute atomic E-state index is 0.0323. The van der Waals surface area contributed by atoms with Gasteiger partial charge in [-0.3, -0.25) is 9.80 Å². The van der Waals surface area contributed by atoms with Crippen molar-refractivity contribution in [3.63, 3.8) is 0 Å². The van der Waals surface area contributed by atoms with E-state index in [-0.39, 0.29) is 11.0 Å². The number of morpholine rings is 2. The molecular weight excluding hydrogens is 649 g/mol. The lowest BCUT2D eigenvalue weighted by Crippen LogP contribution is -2.41. The Balaban J connectivity index is 1.06. The van der Waals surface area contributed by atoms with Gasteiger partial charge in [0.15, 0.2) is 0 Å². The summed E-state index contributed by atoms with van der Waals surface area (Å²) in [6.07, 6.45) is 3.33. The Bertz CT molecular complexity index is 1640. The largest absolute Gasteiger partial charge is 0.379 e. The molecule has 266 valence electrons. The molecule has 4 aliphatic rings. The molecule has 0 amide bonds. The van der Waals surface area contributed by atoms with Crippen molar-refractivity contribution in [2.24, 2.45) is 17.3 Å². The predicted molar refractivity (Wildman–Crippen MR) is 186 cm³/mol. The van der Waals surface area contributed by atoms with Gasteiger partial charge in [-0.2, -0.15) is 8.61 Å². The zero-order chi connectivity index (χ0) is 34.2. The van der Waals surface area contributed by atoms with Crippen molar-refractivity contribution in [2.45, 2.75) is 75.4 Å². The van der Waals surface area contributed by atoms with Crippen LogP contribution in [0.1, 0.15) is 58.1 Å². The molecule has 4 fully saturated rings. The first-order valence-corrected chi connectivity index (χ1v) is 20.5. The van der Waals surface area contributed by atoms with E-state index in [4.69, 9.17) is 9.47 Å². The van der Waals surface area contributed by atoms with Crippen molar-refractivity contribution in [1.29, 1.82) is 0 Å². The van der Waals surface area contributed by atoms with E-state index in [9.17, 15) is 16.8 Å². The lowest BCUT2D eigenvalue weighted by atomic mass is 9.73. The molecule has 3 atom stereocenters. The van der Waals surface area contributed by atoms with Crippen LogP contribution in [0.15, 0.2) is 58.3 Å². The fourth-order valence-corrected chi connectivity index (χ4v) is 11.4. The maximum absolute atomic E-state index is 13.6. The summed E-state index contributed by atoms with van der Waals surface area (Å²) in [5.41, 5.74) is 2.04. The topological polar surface area (TPSA) is 99.7 Å². The summed E-state index contributed by atoms with van der Waals surface area (Å²) < 4.78 is 67.6. The molecule has 4 saturated heterocycles. The maximum Gasteiger partial charge on any atom is 0.243 e. The third-order valence-electron chi connectivity index (χ3n) is 11.4. The van der Waals surface area contributed by atoms with E-state index in [0.717, 1.165) is 56.6 Å². The molecule has 6 rings (SSSR count). The second-order valence-corrected chi connectivity index (χ2v) is 19.1. The first-order chi connectivity index (χ1) is 22.8. The molecule has 3 unspecified atom stereocenters. The average molecular weight is 703 g/mol. The Hall–Kier alpha value is -1.90. The van der Waals surface area contributed by atoms with Crippen molar-refractivity contribution in [3.05, 3.63) is 59.7 Å². The molecule has 2 aromatic rings. The normalized spacial score (nSPS) is 27.4. The Morgan fingerprint density at radius 3 is 2.15 bits per heavy atom. The summed E-state index contributed by atoms with van der Waals surface area (Å²) in [4.78, 5) is 5.75. The van der Waals surface area contributed by atoms with Crippen LogP contribution in [0.3, 0.4) is 0 Å². The highest BCUT2D eigenvalue weighted by Crippen LogP contribution is 2.45. The van der Waals surface area contributed by atoms with Gasteiger partial charge in [0.05, 0.1) is 36.2 Å². The number of nitrogens with zero attached hydrogens (tertiary/aromatic N) is 4. The average Bonchev–Trinajstić information content (AvgIpc) is 3.59. The fourth-order valence-electron chi connectivity index (χ4n) is 8.32. The Morgan fingerprint density at radius 1 is 0.812 bits per heavy atom. The van der Waals surface area contributed by atoms with Crippen LogP contribution in [0.25, 0.3) is 0 Å². The molecular formula is C36H54N4O6S2. The van der Waals surface area contributed by atoms with Gasteiger partial charge >= 0.3 is 0 Å². The summed E-state index contributed by atoms with van der Waals surface area (Å²) in [5.74, 6) is 1.05. The van der Waals surface area contributed by atoms with Crippen molar-refractivity contribution >= 4 is 20.0 Å². The molecule has 4 aliphatic heterocycles. The van der Waals surface area contributed by atoms with Crippen molar-refractivity contribution in [2.75, 3.05) is 72.2 Å². The molecule has 0 bridgehead atoms. The van der Waals surface area contributed by atoms with E-state index >= 15 is 0 Å². The summed E-state index contributed by atoms with van der Waals surface area (Å²) in [6.45, 7) is 17.0. The van der Waals surface area contributed by atoms with Gasteiger partial charge in [-0.15, -0.1) is 0 Å². The SMILES string of the molecule is CC(CC1CN(Cc2ccccc2S(=O)(=O)N2CCOCC2)C(C)(C)C1)C1(C)CCN(Cc2cccc(S(=O)(=O)N3CCOCC3)c2)C1. The highest BCUT2D eigenvalue weighted by atomic mass is 32.2. The van der Waals surface area contributed by atoms with Gasteiger partial charge in [0, 0.05) is 57.9 Å². The van der Waals surface area contributed by atoms with E-state index in [1.807, 2.05) is 36.4 Å². The Labute approximate surface area is 288 Å².